The zero-order valence-electron chi connectivity index (χ0n) is 39.3. The first-order valence-electron chi connectivity index (χ1n) is 21.7. The summed E-state index contributed by atoms with van der Waals surface area (Å²) in [5.74, 6) is 1.33. The summed E-state index contributed by atoms with van der Waals surface area (Å²) in [5.41, 5.74) is 2.83. The molecule has 0 aromatic carbocycles. The summed E-state index contributed by atoms with van der Waals surface area (Å²) in [5, 5.41) is 18.2. The molecule has 4 aromatic rings. The summed E-state index contributed by atoms with van der Waals surface area (Å²) >= 11 is 2.01. The Bertz CT molecular complexity index is 2210. The van der Waals surface area contributed by atoms with Gasteiger partial charge in [-0.2, -0.15) is 18.6 Å². The van der Waals surface area contributed by atoms with Gasteiger partial charge in [0.15, 0.2) is 11.6 Å². The first kappa shape index (κ1) is 52.3. The Morgan fingerprint density at radius 3 is 1.51 bits per heavy atom. The normalized spacial score (nSPS) is 14.4. The number of piperidine rings is 2. The number of likely N-dealkylation sites (tertiary alicyclic amines) is 2. The van der Waals surface area contributed by atoms with Gasteiger partial charge < -0.3 is 49.2 Å². The van der Waals surface area contributed by atoms with Crippen molar-refractivity contribution in [3.05, 3.63) is 48.3 Å². The Morgan fingerprint density at radius 2 is 1.07 bits per heavy atom. The summed E-state index contributed by atoms with van der Waals surface area (Å²) in [6.45, 7) is 17.0. The predicted molar refractivity (Wildman–Crippen MR) is 248 cm³/mol. The lowest BCUT2D eigenvalue weighted by Gasteiger charge is -2.32. The zero-order chi connectivity index (χ0) is 48.5. The van der Waals surface area contributed by atoms with Crippen molar-refractivity contribution in [2.45, 2.75) is 122 Å². The van der Waals surface area contributed by atoms with Gasteiger partial charge in [-0.3, -0.25) is 0 Å². The first-order chi connectivity index (χ1) is 32.1. The summed E-state index contributed by atoms with van der Waals surface area (Å²) < 4.78 is 38.4. The van der Waals surface area contributed by atoms with E-state index >= 15 is 0 Å². The predicted octanol–water partition coefficient (Wildman–Crippen LogP) is 8.29. The smallest absolute Gasteiger partial charge is 0.410 e. The molecule has 366 valence electrons. The highest BCUT2D eigenvalue weighted by Crippen LogP contribution is 2.37. The average molecular weight is 973 g/mol. The largest absolute Gasteiger partial charge is 0.501 e. The van der Waals surface area contributed by atoms with Crippen LogP contribution in [0, 0.1) is 13.8 Å². The second-order valence-electron chi connectivity index (χ2n) is 15.8. The van der Waals surface area contributed by atoms with Gasteiger partial charge in [-0.15, -0.1) is 0 Å². The molecule has 3 N–H and O–H groups in total. The average Bonchev–Trinajstić information content (AvgIpc) is 3.29. The van der Waals surface area contributed by atoms with Crippen LogP contribution in [0.25, 0.3) is 0 Å². The molecule has 0 radical (unpaired) electrons. The molecule has 2 amide bonds. The third kappa shape index (κ3) is 16.3. The molecule has 4 aromatic heterocycles. The maximum Gasteiger partial charge on any atom is 0.410 e. The highest BCUT2D eigenvalue weighted by atomic mass is 32.2. The highest BCUT2D eigenvalue weighted by Gasteiger charge is 2.29. The van der Waals surface area contributed by atoms with Crippen LogP contribution in [-0.4, -0.2) is 128 Å². The number of aromatic nitrogens is 6. The monoisotopic (exact) mass is 972 g/mol. The molecule has 22 nitrogen and oxygen atoms in total. The summed E-state index contributed by atoms with van der Waals surface area (Å²) in [6, 6.07) is 7.21. The van der Waals surface area contributed by atoms with Crippen LogP contribution in [0.3, 0.4) is 0 Å². The molecule has 2 aliphatic heterocycles. The molecule has 0 unspecified atom stereocenters. The van der Waals surface area contributed by atoms with Gasteiger partial charge >= 0.3 is 12.2 Å². The fourth-order valence-corrected chi connectivity index (χ4v) is 7.29. The van der Waals surface area contributed by atoms with Gasteiger partial charge in [0.1, 0.15) is 34.9 Å². The maximum absolute atomic E-state index is 12.2. The minimum atomic E-state index is -0.322. The molecule has 2 aliphatic rings. The topological polar surface area (TPSA) is 245 Å². The molecule has 0 spiro atoms. The minimum absolute atomic E-state index is 0.0805. The molecule has 0 atom stereocenters. The van der Waals surface area contributed by atoms with Gasteiger partial charge in [0.25, 0.3) is 11.8 Å². The summed E-state index contributed by atoms with van der Waals surface area (Å²) in [7, 11) is 2.85. The molecule has 2 fully saturated rings. The van der Waals surface area contributed by atoms with E-state index in [1.807, 2.05) is 61.5 Å². The standard InChI is InChI=1S/C23H33N5O6S.C20H27N5O6S/c1-14(2)31-20-21(27-18-7-8-19(26-16(18)5)35-34-30-6)24-13-25-22(20)33-17-9-11-28(12-10-17)23(29)32-15(3)4;1-12(2)29-20(27)25-9-7-14(8-10-25)30-19-17(26)18(21-11-22-19)24-15-5-6-16(23-13(15)3)32-31-28-4/h7-8,13-15,17H,9-12H2,1-6H3,(H,24,25,27);5-6,11-12,14,26H,7-10H2,1-4H3,(H,21,22,24). The number of anilines is 4. The molecule has 67 heavy (non-hydrogen) atoms. The van der Waals surface area contributed by atoms with Gasteiger partial charge in [0.05, 0.1) is 79.4 Å². The molecule has 0 bridgehead atoms. The van der Waals surface area contributed by atoms with Crippen LogP contribution < -0.4 is 24.8 Å². The Hall–Kier alpha value is -5.66. The number of carbonyl (C=O) groups excluding carboxylic acids is 2. The third-order valence-corrected chi connectivity index (χ3v) is 10.7. The van der Waals surface area contributed by atoms with Crippen LogP contribution in [0.1, 0.15) is 78.6 Å². The van der Waals surface area contributed by atoms with E-state index in [1.165, 1.54) is 26.9 Å². The van der Waals surface area contributed by atoms with Crippen molar-refractivity contribution in [1.29, 1.82) is 0 Å². The SMILES string of the molecule is COOSc1ccc(Nc2ncnc(OC3CCN(C(=O)OC(C)C)CC3)c2O)c(C)n1.COOSc1ccc(Nc2ncnc(OC3CCN(C(=O)OC(C)C)CC3)c2OC(C)C)c(C)n1. The molecular weight excluding hydrogens is 913 g/mol. The van der Waals surface area contributed by atoms with E-state index in [0.717, 1.165) is 35.5 Å². The van der Waals surface area contributed by atoms with Crippen LogP contribution in [0.4, 0.5) is 32.6 Å². The molecule has 6 heterocycles. The summed E-state index contributed by atoms with van der Waals surface area (Å²) in [6.07, 6.45) is 3.92. The van der Waals surface area contributed by atoms with E-state index in [-0.39, 0.29) is 60.2 Å². The molecule has 0 aliphatic carbocycles. The molecule has 6 rings (SSSR count). The van der Waals surface area contributed by atoms with E-state index in [1.54, 1.807) is 28.0 Å². The molecule has 24 heteroatoms. The van der Waals surface area contributed by atoms with Crippen molar-refractivity contribution in [2.24, 2.45) is 0 Å². The second-order valence-corrected chi connectivity index (χ2v) is 17.3. The number of ether oxygens (including phenoxy) is 5. The van der Waals surface area contributed by atoms with Crippen molar-refractivity contribution in [1.82, 2.24) is 39.7 Å². The van der Waals surface area contributed by atoms with E-state index < -0.39 is 0 Å². The van der Waals surface area contributed by atoms with Gasteiger partial charge in [0, 0.05) is 51.9 Å². The van der Waals surface area contributed by atoms with Crippen molar-refractivity contribution in [2.75, 3.05) is 51.0 Å². The lowest BCUT2D eigenvalue weighted by molar-refractivity contribution is -0.160. The van der Waals surface area contributed by atoms with Gasteiger partial charge in [0.2, 0.25) is 11.5 Å². The van der Waals surface area contributed by atoms with Crippen LogP contribution in [-0.2, 0) is 27.9 Å². The number of nitrogens with one attached hydrogen (secondary N) is 2. The van der Waals surface area contributed by atoms with Gasteiger partial charge in [-0.25, -0.2) is 39.3 Å². The number of carbonyl (C=O) groups is 2. The van der Waals surface area contributed by atoms with Crippen molar-refractivity contribution in [3.8, 4) is 23.3 Å². The van der Waals surface area contributed by atoms with Gasteiger partial charge in [-0.05, 0) is 79.7 Å². The van der Waals surface area contributed by atoms with Gasteiger partial charge in [-0.1, -0.05) is 0 Å². The zero-order valence-corrected chi connectivity index (χ0v) is 41.0. The van der Waals surface area contributed by atoms with E-state index in [2.05, 4.69) is 50.3 Å². The fourth-order valence-electron chi connectivity index (χ4n) is 6.42. The lowest BCUT2D eigenvalue weighted by Crippen LogP contribution is -2.42. The Labute approximate surface area is 398 Å². The van der Waals surface area contributed by atoms with Crippen LogP contribution in [0.2, 0.25) is 0 Å². The van der Waals surface area contributed by atoms with E-state index in [9.17, 15) is 14.7 Å². The number of amides is 2. The maximum atomic E-state index is 12.2. The molecule has 0 saturated carbocycles. The number of nitrogens with zero attached hydrogens (tertiary/aromatic N) is 8. The highest BCUT2D eigenvalue weighted by molar-refractivity contribution is 7.94. The number of aryl methyl sites for hydroxylation is 2. The second kappa shape index (κ2) is 26.0. The number of aromatic hydroxyl groups is 1. The van der Waals surface area contributed by atoms with Crippen molar-refractivity contribution in [3.63, 3.8) is 0 Å². The Morgan fingerprint density at radius 1 is 0.642 bits per heavy atom. The van der Waals surface area contributed by atoms with E-state index in [4.69, 9.17) is 32.4 Å². The number of hydrogen-bond acceptors (Lipinski definition) is 22. The number of pyridine rings is 2. The fraction of sp³-hybridized carbons (Fsp3) is 0.535. The van der Waals surface area contributed by atoms with Crippen molar-refractivity contribution >= 4 is 59.3 Å². The van der Waals surface area contributed by atoms with Crippen LogP contribution >= 0.6 is 24.1 Å². The molecule has 2 saturated heterocycles. The van der Waals surface area contributed by atoms with Crippen molar-refractivity contribution < 1.29 is 56.8 Å². The lowest BCUT2D eigenvalue weighted by atomic mass is 10.1. The van der Waals surface area contributed by atoms with Crippen LogP contribution in [0.5, 0.6) is 23.3 Å². The number of hydrogen-bond donors (Lipinski definition) is 3. The number of rotatable bonds is 18. The first-order valence-corrected chi connectivity index (χ1v) is 23.2. The van der Waals surface area contributed by atoms with E-state index in [0.29, 0.717) is 90.7 Å². The van der Waals surface area contributed by atoms with Crippen LogP contribution in [0.15, 0.2) is 47.0 Å². The Kier molecular flexibility index (Phi) is 20.3. The third-order valence-electron chi connectivity index (χ3n) is 9.54. The minimum Gasteiger partial charge on any atom is -0.501 e. The Balaban J connectivity index is 0.000000252. The molecular formula is C43H60N10O12S2. The quantitative estimate of drug-likeness (QED) is 0.0482. The summed E-state index contributed by atoms with van der Waals surface area (Å²) in [4.78, 5) is 62.5.